The second-order valence-corrected chi connectivity index (χ2v) is 9.30. The molecule has 1 unspecified atom stereocenters. The molecule has 0 aliphatic carbocycles. The number of ketones is 2. The number of hydrogen-bond acceptors (Lipinski definition) is 6. The third-order valence-electron chi connectivity index (χ3n) is 5.31. The van der Waals surface area contributed by atoms with E-state index in [-0.39, 0.29) is 27.3 Å². The lowest BCUT2D eigenvalue weighted by atomic mass is 9.96. The van der Waals surface area contributed by atoms with Crippen molar-refractivity contribution in [3.8, 4) is 0 Å². The molecule has 9 nitrogen and oxygen atoms in total. The standard InChI is InChI=1S/C24H18N2O7S/c27-20(25-18-12-6-4-10-16(18)24(30)31)14-26-21(22(28)15-8-2-1-3-9-15)23(29)17-11-5-7-13-19(17)34(26,32)33/h1-13,21H,14H2,(H,25,27)(H,30,31). The number of carboxylic acid groups (broad SMARTS) is 1. The van der Waals surface area contributed by atoms with Crippen molar-refractivity contribution >= 4 is 39.2 Å². The van der Waals surface area contributed by atoms with E-state index in [1.807, 2.05) is 0 Å². The number of anilines is 1. The van der Waals surface area contributed by atoms with Crippen LogP contribution in [0.4, 0.5) is 5.69 Å². The summed E-state index contributed by atoms with van der Waals surface area (Å²) in [6.07, 6.45) is 0. The summed E-state index contributed by atoms with van der Waals surface area (Å²) in [5, 5.41) is 11.7. The van der Waals surface area contributed by atoms with E-state index in [9.17, 15) is 32.7 Å². The largest absolute Gasteiger partial charge is 0.478 e. The Kier molecular flexibility index (Phi) is 6.10. The van der Waals surface area contributed by atoms with E-state index in [4.69, 9.17) is 0 Å². The highest BCUT2D eigenvalue weighted by Crippen LogP contribution is 2.31. The second-order valence-electron chi connectivity index (χ2n) is 7.44. The average Bonchev–Trinajstić information content (AvgIpc) is 2.83. The first-order valence-corrected chi connectivity index (χ1v) is 11.5. The van der Waals surface area contributed by atoms with Gasteiger partial charge in [0.05, 0.1) is 22.7 Å². The van der Waals surface area contributed by atoms with E-state index >= 15 is 0 Å². The topological polar surface area (TPSA) is 138 Å². The summed E-state index contributed by atoms with van der Waals surface area (Å²) in [6, 6.07) is 17.0. The Hall–Kier alpha value is -4.15. The van der Waals surface area contributed by atoms with Crippen LogP contribution in [0.1, 0.15) is 31.1 Å². The quantitative estimate of drug-likeness (QED) is 0.410. The first-order valence-electron chi connectivity index (χ1n) is 10.1. The fourth-order valence-corrected chi connectivity index (χ4v) is 5.44. The summed E-state index contributed by atoms with van der Waals surface area (Å²) >= 11 is 0. The van der Waals surface area contributed by atoms with Gasteiger partial charge in [-0.3, -0.25) is 14.4 Å². The Morgan fingerprint density at radius 3 is 2.21 bits per heavy atom. The van der Waals surface area contributed by atoms with Crippen LogP contribution in [0, 0.1) is 0 Å². The Morgan fingerprint density at radius 1 is 0.882 bits per heavy atom. The first-order chi connectivity index (χ1) is 16.2. The number of carbonyl (C=O) groups excluding carboxylic acids is 3. The van der Waals surface area contributed by atoms with Gasteiger partial charge in [0.1, 0.15) is 0 Å². The molecule has 0 aromatic heterocycles. The summed E-state index contributed by atoms with van der Waals surface area (Å²) < 4.78 is 27.4. The van der Waals surface area contributed by atoms with E-state index in [1.54, 1.807) is 18.2 Å². The highest BCUT2D eigenvalue weighted by Gasteiger charge is 2.48. The summed E-state index contributed by atoms with van der Waals surface area (Å²) in [5.41, 5.74) is -0.274. The number of fused-ring (bicyclic) bond motifs is 1. The zero-order valence-corrected chi connectivity index (χ0v) is 18.4. The zero-order chi connectivity index (χ0) is 24.5. The number of nitrogens with zero attached hydrogens (tertiary/aromatic N) is 1. The van der Waals surface area contributed by atoms with Crippen LogP contribution in [0.2, 0.25) is 0 Å². The van der Waals surface area contributed by atoms with E-state index in [0.717, 1.165) is 0 Å². The predicted molar refractivity (Wildman–Crippen MR) is 121 cm³/mol. The fraction of sp³-hybridized carbons (Fsp3) is 0.0833. The maximum absolute atomic E-state index is 13.4. The lowest BCUT2D eigenvalue weighted by molar-refractivity contribution is -0.116. The van der Waals surface area contributed by atoms with Crippen molar-refractivity contribution in [3.05, 3.63) is 95.6 Å². The number of rotatable bonds is 6. The smallest absolute Gasteiger partial charge is 0.337 e. The van der Waals surface area contributed by atoms with E-state index < -0.39 is 46.1 Å². The van der Waals surface area contributed by atoms with Gasteiger partial charge in [0.25, 0.3) is 0 Å². The van der Waals surface area contributed by atoms with Crippen molar-refractivity contribution < 1.29 is 32.7 Å². The molecule has 0 saturated heterocycles. The molecule has 10 heteroatoms. The minimum atomic E-state index is -4.42. The van der Waals surface area contributed by atoms with Crippen LogP contribution >= 0.6 is 0 Å². The number of benzene rings is 3. The van der Waals surface area contributed by atoms with Crippen molar-refractivity contribution in [1.29, 1.82) is 0 Å². The zero-order valence-electron chi connectivity index (χ0n) is 17.5. The molecule has 0 bridgehead atoms. The number of aromatic carboxylic acids is 1. The van der Waals surface area contributed by atoms with Gasteiger partial charge in [-0.15, -0.1) is 0 Å². The van der Waals surface area contributed by atoms with Crippen molar-refractivity contribution in [2.45, 2.75) is 10.9 Å². The third-order valence-corrected chi connectivity index (χ3v) is 7.18. The number of Topliss-reactive ketones (excluding diaryl/α,β-unsaturated/α-hetero) is 2. The Balaban J connectivity index is 1.75. The highest BCUT2D eigenvalue weighted by molar-refractivity contribution is 7.89. The molecule has 2 N–H and O–H groups in total. The number of carboxylic acids is 1. The Labute approximate surface area is 194 Å². The van der Waals surface area contributed by atoms with Crippen LogP contribution < -0.4 is 5.32 Å². The molecule has 1 atom stereocenters. The molecule has 0 fully saturated rings. The second kappa shape index (κ2) is 9.00. The fourth-order valence-electron chi connectivity index (χ4n) is 3.73. The van der Waals surface area contributed by atoms with Crippen LogP contribution in [-0.4, -0.2) is 53.9 Å². The molecule has 3 aromatic rings. The van der Waals surface area contributed by atoms with E-state index in [0.29, 0.717) is 4.31 Å². The molecule has 1 aliphatic heterocycles. The van der Waals surface area contributed by atoms with Gasteiger partial charge in [0, 0.05) is 11.1 Å². The Morgan fingerprint density at radius 2 is 1.50 bits per heavy atom. The summed E-state index contributed by atoms with van der Waals surface area (Å²) in [7, 11) is -4.42. The first kappa shape index (κ1) is 23.0. The molecule has 1 aliphatic rings. The lowest BCUT2D eigenvalue weighted by Crippen LogP contribution is -2.55. The van der Waals surface area contributed by atoms with Crippen LogP contribution in [0.5, 0.6) is 0 Å². The number of amides is 1. The number of para-hydroxylation sites is 1. The van der Waals surface area contributed by atoms with Gasteiger partial charge >= 0.3 is 5.97 Å². The summed E-state index contributed by atoms with van der Waals surface area (Å²) in [6.45, 7) is -0.875. The van der Waals surface area contributed by atoms with Crippen molar-refractivity contribution in [3.63, 3.8) is 0 Å². The monoisotopic (exact) mass is 478 g/mol. The number of carbonyl (C=O) groups is 4. The van der Waals surface area contributed by atoms with Crippen LogP contribution in [0.15, 0.2) is 83.8 Å². The molecule has 172 valence electrons. The van der Waals surface area contributed by atoms with Gasteiger partial charge in [0.2, 0.25) is 15.9 Å². The lowest BCUT2D eigenvalue weighted by Gasteiger charge is -2.33. The van der Waals surface area contributed by atoms with Gasteiger partial charge in [0.15, 0.2) is 17.6 Å². The van der Waals surface area contributed by atoms with Crippen LogP contribution in [0.3, 0.4) is 0 Å². The predicted octanol–water partition coefficient (Wildman–Crippen LogP) is 2.46. The van der Waals surface area contributed by atoms with Gasteiger partial charge < -0.3 is 10.4 Å². The minimum Gasteiger partial charge on any atom is -0.478 e. The number of hydrogen-bond donors (Lipinski definition) is 2. The summed E-state index contributed by atoms with van der Waals surface area (Å²) in [4.78, 5) is 50.5. The maximum Gasteiger partial charge on any atom is 0.337 e. The Bertz CT molecular complexity index is 1420. The van der Waals surface area contributed by atoms with Gasteiger partial charge in [-0.1, -0.05) is 54.6 Å². The van der Waals surface area contributed by atoms with E-state index in [2.05, 4.69) is 5.32 Å². The molecular weight excluding hydrogens is 460 g/mol. The molecular formula is C24H18N2O7S. The number of nitrogens with one attached hydrogen (secondary N) is 1. The van der Waals surface area contributed by atoms with Crippen molar-refractivity contribution in [2.24, 2.45) is 0 Å². The van der Waals surface area contributed by atoms with Gasteiger partial charge in [-0.05, 0) is 24.3 Å². The van der Waals surface area contributed by atoms with Crippen molar-refractivity contribution in [1.82, 2.24) is 4.31 Å². The van der Waals surface area contributed by atoms with Crippen LogP contribution in [-0.2, 0) is 14.8 Å². The van der Waals surface area contributed by atoms with Gasteiger partial charge in [-0.2, -0.15) is 4.31 Å². The molecule has 3 aromatic carbocycles. The molecule has 0 saturated carbocycles. The molecule has 1 heterocycles. The van der Waals surface area contributed by atoms with E-state index in [1.165, 1.54) is 60.7 Å². The molecule has 0 spiro atoms. The minimum absolute atomic E-state index is 0.0490. The number of sulfonamides is 1. The average molecular weight is 478 g/mol. The SMILES string of the molecule is O=C(CN1C(C(=O)c2ccccc2)C(=O)c2ccccc2S1(=O)=O)Nc1ccccc1C(=O)O. The molecule has 4 rings (SSSR count). The summed E-state index contributed by atoms with van der Waals surface area (Å²) in [5.74, 6) is -3.72. The maximum atomic E-state index is 13.4. The normalized spacial score (nSPS) is 16.9. The molecule has 1 amide bonds. The van der Waals surface area contributed by atoms with Crippen LogP contribution in [0.25, 0.3) is 0 Å². The molecule has 0 radical (unpaired) electrons. The molecule has 34 heavy (non-hydrogen) atoms. The highest BCUT2D eigenvalue weighted by atomic mass is 32.2. The third kappa shape index (κ3) is 4.12. The van der Waals surface area contributed by atoms with Gasteiger partial charge in [-0.25, -0.2) is 13.2 Å². The van der Waals surface area contributed by atoms with Crippen molar-refractivity contribution in [2.75, 3.05) is 11.9 Å².